The van der Waals surface area contributed by atoms with Crippen molar-refractivity contribution in [2.24, 2.45) is 5.73 Å². The zero-order valence-corrected chi connectivity index (χ0v) is 10.9. The predicted octanol–water partition coefficient (Wildman–Crippen LogP) is 1.83. The number of nitrogens with two attached hydrogens (primary N) is 1. The lowest BCUT2D eigenvalue weighted by Gasteiger charge is -2.24. The summed E-state index contributed by atoms with van der Waals surface area (Å²) in [6, 6.07) is 5.20. The molecule has 1 heterocycles. The quantitative estimate of drug-likeness (QED) is 0.909. The van der Waals surface area contributed by atoms with Crippen molar-refractivity contribution in [2.75, 3.05) is 13.1 Å². The summed E-state index contributed by atoms with van der Waals surface area (Å²) in [4.78, 5) is 13.6. The van der Waals surface area contributed by atoms with Crippen LogP contribution in [0.3, 0.4) is 0 Å². The smallest absolute Gasteiger partial charge is 0.240 e. The van der Waals surface area contributed by atoms with Crippen molar-refractivity contribution in [3.05, 3.63) is 35.6 Å². The number of likely N-dealkylation sites (tertiary alicyclic amines) is 1. The molecule has 1 aliphatic rings. The van der Waals surface area contributed by atoms with Crippen LogP contribution in [0.1, 0.15) is 24.8 Å². The molecule has 2 rings (SSSR count). The van der Waals surface area contributed by atoms with E-state index in [-0.39, 0.29) is 24.2 Å². The molecule has 1 aromatic rings. The maximum absolute atomic E-state index is 13.1. The lowest BCUT2D eigenvalue weighted by atomic mass is 9.93. The standard InChI is InChI=1S/C14H18F2N2O/c1-9(10-2-4-11(15)5-3-10)13(17)14(19)18-7-6-12(16)8-18/h2-5,9,12-13H,6-8,17H2,1H3/t9-,12-,13-/m0/s1. The minimum atomic E-state index is -0.947. The SMILES string of the molecule is C[C@@H](c1ccc(F)cc1)[C@H](N)C(=O)N1CC[C@H](F)C1. The van der Waals surface area contributed by atoms with Crippen molar-refractivity contribution in [2.45, 2.75) is 31.5 Å². The van der Waals surface area contributed by atoms with E-state index >= 15 is 0 Å². The number of rotatable bonds is 3. The van der Waals surface area contributed by atoms with Gasteiger partial charge in [0.25, 0.3) is 0 Å². The molecule has 3 nitrogen and oxygen atoms in total. The first kappa shape index (κ1) is 13.9. The second-order valence-corrected chi connectivity index (χ2v) is 5.04. The Kier molecular flexibility index (Phi) is 4.14. The minimum Gasteiger partial charge on any atom is -0.338 e. The molecule has 0 radical (unpaired) electrons. The monoisotopic (exact) mass is 268 g/mol. The van der Waals surface area contributed by atoms with Crippen LogP contribution >= 0.6 is 0 Å². The third-order valence-electron chi connectivity index (χ3n) is 3.66. The van der Waals surface area contributed by atoms with Crippen LogP contribution in [-0.4, -0.2) is 36.1 Å². The zero-order chi connectivity index (χ0) is 14.0. The molecule has 0 bridgehead atoms. The number of amides is 1. The van der Waals surface area contributed by atoms with Crippen molar-refractivity contribution < 1.29 is 13.6 Å². The van der Waals surface area contributed by atoms with E-state index in [1.807, 2.05) is 6.92 Å². The highest BCUT2D eigenvalue weighted by atomic mass is 19.1. The fraction of sp³-hybridized carbons (Fsp3) is 0.500. The minimum absolute atomic E-state index is 0.128. The third kappa shape index (κ3) is 3.10. The summed E-state index contributed by atoms with van der Waals surface area (Å²) in [6.45, 7) is 2.37. The normalized spacial score (nSPS) is 22.3. The summed E-state index contributed by atoms with van der Waals surface area (Å²) in [5, 5.41) is 0. The van der Waals surface area contributed by atoms with Gasteiger partial charge >= 0.3 is 0 Å². The summed E-state index contributed by atoms with van der Waals surface area (Å²) >= 11 is 0. The van der Waals surface area contributed by atoms with Gasteiger partial charge in [-0.3, -0.25) is 4.79 Å². The summed E-state index contributed by atoms with van der Waals surface area (Å²) in [7, 11) is 0. The van der Waals surface area contributed by atoms with Gasteiger partial charge in [-0.2, -0.15) is 0 Å². The van der Waals surface area contributed by atoms with Gasteiger partial charge < -0.3 is 10.6 Å². The van der Waals surface area contributed by atoms with Crippen molar-refractivity contribution in [3.8, 4) is 0 Å². The van der Waals surface area contributed by atoms with E-state index in [9.17, 15) is 13.6 Å². The fourth-order valence-corrected chi connectivity index (χ4v) is 2.32. The van der Waals surface area contributed by atoms with Crippen LogP contribution < -0.4 is 5.73 Å². The van der Waals surface area contributed by atoms with E-state index in [1.165, 1.54) is 17.0 Å². The number of benzene rings is 1. The van der Waals surface area contributed by atoms with Gasteiger partial charge in [0.15, 0.2) is 0 Å². The van der Waals surface area contributed by atoms with E-state index in [2.05, 4.69) is 0 Å². The van der Waals surface area contributed by atoms with Crippen LogP contribution in [-0.2, 0) is 4.79 Å². The molecule has 104 valence electrons. The number of hydrogen-bond acceptors (Lipinski definition) is 2. The number of hydrogen-bond donors (Lipinski definition) is 1. The molecule has 1 amide bonds. The average Bonchev–Trinajstić information content (AvgIpc) is 2.84. The highest BCUT2D eigenvalue weighted by molar-refractivity contribution is 5.83. The summed E-state index contributed by atoms with van der Waals surface area (Å²) < 4.78 is 25.9. The van der Waals surface area contributed by atoms with Crippen molar-refractivity contribution >= 4 is 5.91 Å². The highest BCUT2D eigenvalue weighted by Gasteiger charge is 2.31. The predicted molar refractivity (Wildman–Crippen MR) is 68.9 cm³/mol. The number of alkyl halides is 1. The van der Waals surface area contributed by atoms with Gasteiger partial charge in [-0.05, 0) is 24.1 Å². The number of carbonyl (C=O) groups is 1. The third-order valence-corrected chi connectivity index (χ3v) is 3.66. The molecular weight excluding hydrogens is 250 g/mol. The Morgan fingerprint density at radius 2 is 2.05 bits per heavy atom. The Bertz CT molecular complexity index is 449. The number of carbonyl (C=O) groups excluding carboxylic acids is 1. The molecule has 19 heavy (non-hydrogen) atoms. The van der Waals surface area contributed by atoms with Gasteiger partial charge in [-0.15, -0.1) is 0 Å². The lowest BCUT2D eigenvalue weighted by molar-refractivity contribution is -0.132. The molecule has 5 heteroatoms. The van der Waals surface area contributed by atoms with Crippen LogP contribution in [0.4, 0.5) is 8.78 Å². The van der Waals surface area contributed by atoms with E-state index < -0.39 is 12.2 Å². The van der Waals surface area contributed by atoms with E-state index in [0.717, 1.165) is 5.56 Å². The van der Waals surface area contributed by atoms with Crippen LogP contribution in [0, 0.1) is 5.82 Å². The first-order valence-electron chi connectivity index (χ1n) is 6.43. The zero-order valence-electron chi connectivity index (χ0n) is 10.9. The molecule has 3 atom stereocenters. The topological polar surface area (TPSA) is 46.3 Å². The second kappa shape index (κ2) is 5.65. The fourth-order valence-electron chi connectivity index (χ4n) is 2.32. The van der Waals surface area contributed by atoms with Crippen LogP contribution in [0.2, 0.25) is 0 Å². The molecule has 1 fully saturated rings. The Hall–Kier alpha value is -1.49. The Morgan fingerprint density at radius 1 is 1.42 bits per heavy atom. The Morgan fingerprint density at radius 3 is 2.58 bits per heavy atom. The molecule has 1 saturated heterocycles. The summed E-state index contributed by atoms with van der Waals surface area (Å²) in [5.41, 5.74) is 6.75. The van der Waals surface area contributed by atoms with E-state index in [0.29, 0.717) is 13.0 Å². The number of nitrogens with zero attached hydrogens (tertiary/aromatic N) is 1. The second-order valence-electron chi connectivity index (χ2n) is 5.04. The molecule has 0 spiro atoms. The maximum atomic E-state index is 13.1. The maximum Gasteiger partial charge on any atom is 0.240 e. The van der Waals surface area contributed by atoms with Gasteiger partial charge in [-0.25, -0.2) is 8.78 Å². The highest BCUT2D eigenvalue weighted by Crippen LogP contribution is 2.21. The van der Waals surface area contributed by atoms with Crippen molar-refractivity contribution in [1.29, 1.82) is 0 Å². The Balaban J connectivity index is 2.04. The molecule has 0 unspecified atom stereocenters. The molecule has 0 saturated carbocycles. The first-order valence-corrected chi connectivity index (χ1v) is 6.43. The van der Waals surface area contributed by atoms with Crippen LogP contribution in [0.25, 0.3) is 0 Å². The van der Waals surface area contributed by atoms with Crippen LogP contribution in [0.5, 0.6) is 0 Å². The van der Waals surface area contributed by atoms with E-state index in [1.54, 1.807) is 12.1 Å². The number of halogens is 2. The molecule has 0 aliphatic carbocycles. The van der Waals surface area contributed by atoms with Gasteiger partial charge in [0.2, 0.25) is 5.91 Å². The van der Waals surface area contributed by atoms with Gasteiger partial charge in [0.05, 0.1) is 12.6 Å². The molecular formula is C14H18F2N2O. The largest absolute Gasteiger partial charge is 0.338 e. The first-order chi connectivity index (χ1) is 8.99. The molecule has 0 aromatic heterocycles. The average molecular weight is 268 g/mol. The van der Waals surface area contributed by atoms with Gasteiger partial charge in [-0.1, -0.05) is 19.1 Å². The lowest BCUT2D eigenvalue weighted by Crippen LogP contribution is -2.45. The molecule has 1 aromatic carbocycles. The van der Waals surface area contributed by atoms with Crippen LogP contribution in [0.15, 0.2) is 24.3 Å². The van der Waals surface area contributed by atoms with Crippen molar-refractivity contribution in [3.63, 3.8) is 0 Å². The van der Waals surface area contributed by atoms with Gasteiger partial charge in [0, 0.05) is 12.5 Å². The molecule has 1 aliphatic heterocycles. The Labute approximate surface area is 111 Å². The summed E-state index contributed by atoms with van der Waals surface area (Å²) in [6.07, 6.45) is -0.569. The van der Waals surface area contributed by atoms with E-state index in [4.69, 9.17) is 5.73 Å². The van der Waals surface area contributed by atoms with Crippen molar-refractivity contribution in [1.82, 2.24) is 4.90 Å². The molecule has 2 N–H and O–H groups in total. The van der Waals surface area contributed by atoms with Gasteiger partial charge in [0.1, 0.15) is 12.0 Å². The summed E-state index contributed by atoms with van der Waals surface area (Å²) in [5.74, 6) is -0.792.